The molecule has 2 aromatic rings. The van der Waals surface area contributed by atoms with Gasteiger partial charge in [0.2, 0.25) is 0 Å². The maximum Gasteiger partial charge on any atom is 0.331 e. The van der Waals surface area contributed by atoms with Gasteiger partial charge in [-0.15, -0.1) is 0 Å². The highest BCUT2D eigenvalue weighted by Crippen LogP contribution is 2.28. The minimum atomic E-state index is -0.851. The predicted octanol–water partition coefficient (Wildman–Crippen LogP) is 3.08. The molecule has 0 amide bonds. The molecule has 2 N–H and O–H groups in total. The summed E-state index contributed by atoms with van der Waals surface area (Å²) in [5, 5.41) is 14.6. The molecule has 0 spiro atoms. The van der Waals surface area contributed by atoms with Crippen LogP contribution in [0.25, 0.3) is 10.8 Å². The number of fused-ring (bicyclic) bond motifs is 1. The number of nitrogens with one attached hydrogen (secondary N) is 1. The average molecular weight is 288 g/mol. The van der Waals surface area contributed by atoms with Crippen molar-refractivity contribution in [1.29, 1.82) is 0 Å². The molecule has 1 heterocycles. The summed E-state index contributed by atoms with van der Waals surface area (Å²) in [7, 11) is 1.38. The first-order chi connectivity index (χ1) is 10.00. The number of ether oxygens (including phenoxy) is 1. The van der Waals surface area contributed by atoms with Gasteiger partial charge >= 0.3 is 5.97 Å². The van der Waals surface area contributed by atoms with Crippen LogP contribution in [0.5, 0.6) is 5.75 Å². The minimum Gasteiger partial charge on any atom is -0.508 e. The van der Waals surface area contributed by atoms with Crippen molar-refractivity contribution >= 4 is 22.6 Å². The molecule has 0 aliphatic rings. The summed E-state index contributed by atoms with van der Waals surface area (Å²) >= 11 is 0. The van der Waals surface area contributed by atoms with E-state index < -0.39 is 5.54 Å². The highest BCUT2D eigenvalue weighted by atomic mass is 16.5. The number of pyridine rings is 1. The maximum absolute atomic E-state index is 12.1. The number of aromatic nitrogens is 1. The van der Waals surface area contributed by atoms with Crippen LogP contribution in [0.1, 0.15) is 26.7 Å². The van der Waals surface area contributed by atoms with E-state index >= 15 is 0 Å². The normalized spacial score (nSPS) is 13.7. The Balaban J connectivity index is 2.46. The van der Waals surface area contributed by atoms with Gasteiger partial charge in [0.25, 0.3) is 0 Å². The molecule has 0 fully saturated rings. The molecule has 21 heavy (non-hydrogen) atoms. The molecule has 112 valence electrons. The number of benzene rings is 1. The first kappa shape index (κ1) is 15.1. The van der Waals surface area contributed by atoms with E-state index in [9.17, 15) is 9.90 Å². The Bertz CT molecular complexity index is 657. The Hall–Kier alpha value is -2.30. The van der Waals surface area contributed by atoms with Crippen molar-refractivity contribution in [3.8, 4) is 5.75 Å². The fraction of sp³-hybridized carbons (Fsp3) is 0.375. The average Bonchev–Trinajstić information content (AvgIpc) is 2.47. The predicted molar refractivity (Wildman–Crippen MR) is 82.4 cm³/mol. The van der Waals surface area contributed by atoms with Gasteiger partial charge in [0.05, 0.1) is 7.11 Å². The van der Waals surface area contributed by atoms with Crippen LogP contribution in [0.15, 0.2) is 30.5 Å². The van der Waals surface area contributed by atoms with Gasteiger partial charge in [-0.05, 0) is 36.9 Å². The van der Waals surface area contributed by atoms with Crippen LogP contribution in [0.2, 0.25) is 0 Å². The monoisotopic (exact) mass is 288 g/mol. The van der Waals surface area contributed by atoms with E-state index in [1.165, 1.54) is 7.11 Å². The van der Waals surface area contributed by atoms with Crippen molar-refractivity contribution in [3.63, 3.8) is 0 Å². The number of anilines is 1. The van der Waals surface area contributed by atoms with Crippen LogP contribution in [0.3, 0.4) is 0 Å². The fourth-order valence-corrected chi connectivity index (χ4v) is 2.46. The number of nitrogens with zero attached hydrogens (tertiary/aromatic N) is 1. The van der Waals surface area contributed by atoms with Gasteiger partial charge in [-0.25, -0.2) is 9.78 Å². The van der Waals surface area contributed by atoms with E-state index in [2.05, 4.69) is 10.3 Å². The van der Waals surface area contributed by atoms with Gasteiger partial charge in [0.1, 0.15) is 17.1 Å². The Morgan fingerprint density at radius 3 is 2.86 bits per heavy atom. The van der Waals surface area contributed by atoms with Crippen LogP contribution in [0.4, 0.5) is 5.82 Å². The molecule has 5 nitrogen and oxygen atoms in total. The van der Waals surface area contributed by atoms with E-state index in [4.69, 9.17) is 4.74 Å². The number of phenols is 1. The Labute approximate surface area is 124 Å². The smallest absolute Gasteiger partial charge is 0.331 e. The number of hydrogen-bond acceptors (Lipinski definition) is 5. The lowest BCUT2D eigenvalue weighted by Crippen LogP contribution is -2.44. The summed E-state index contributed by atoms with van der Waals surface area (Å²) in [6, 6.07) is 6.92. The van der Waals surface area contributed by atoms with Gasteiger partial charge in [0, 0.05) is 11.6 Å². The van der Waals surface area contributed by atoms with Crippen molar-refractivity contribution in [1.82, 2.24) is 4.98 Å². The molecule has 5 heteroatoms. The van der Waals surface area contributed by atoms with Crippen molar-refractivity contribution in [3.05, 3.63) is 30.5 Å². The van der Waals surface area contributed by atoms with E-state index in [0.29, 0.717) is 12.2 Å². The Morgan fingerprint density at radius 1 is 1.43 bits per heavy atom. The first-order valence-electron chi connectivity index (χ1n) is 6.94. The van der Waals surface area contributed by atoms with Crippen molar-refractivity contribution < 1.29 is 14.6 Å². The molecule has 1 aromatic heterocycles. The molecule has 2 rings (SSSR count). The van der Waals surface area contributed by atoms with Gasteiger partial charge in [0.15, 0.2) is 0 Å². The zero-order chi connectivity index (χ0) is 15.5. The lowest BCUT2D eigenvalue weighted by atomic mass is 9.96. The summed E-state index contributed by atoms with van der Waals surface area (Å²) in [6.07, 6.45) is 3.12. The van der Waals surface area contributed by atoms with Gasteiger partial charge in [-0.1, -0.05) is 19.4 Å². The number of aromatic hydroxyl groups is 1. The second-order valence-electron chi connectivity index (χ2n) is 5.26. The number of carbonyl (C=O) groups excluding carboxylic acids is 1. The zero-order valence-corrected chi connectivity index (χ0v) is 12.5. The number of hydrogen-bond donors (Lipinski definition) is 2. The van der Waals surface area contributed by atoms with E-state index in [0.717, 1.165) is 17.2 Å². The van der Waals surface area contributed by atoms with Gasteiger partial charge in [-0.3, -0.25) is 0 Å². The van der Waals surface area contributed by atoms with Crippen LogP contribution >= 0.6 is 0 Å². The highest BCUT2D eigenvalue weighted by molar-refractivity contribution is 5.95. The topological polar surface area (TPSA) is 71.5 Å². The van der Waals surface area contributed by atoms with E-state index in [-0.39, 0.29) is 11.7 Å². The third kappa shape index (κ3) is 3.07. The molecule has 0 radical (unpaired) electrons. The van der Waals surface area contributed by atoms with E-state index in [1.54, 1.807) is 25.3 Å². The lowest BCUT2D eigenvalue weighted by Gasteiger charge is -2.28. The SMILES string of the molecule is CCCC(C)(Nc1nccc2ccc(O)cc12)C(=O)OC. The number of methoxy groups -OCH3 is 1. The highest BCUT2D eigenvalue weighted by Gasteiger charge is 2.34. The molecule has 0 aliphatic heterocycles. The third-order valence-electron chi connectivity index (χ3n) is 3.53. The van der Waals surface area contributed by atoms with Gasteiger partial charge < -0.3 is 15.2 Å². The van der Waals surface area contributed by atoms with Crippen molar-refractivity contribution in [2.45, 2.75) is 32.2 Å². The second-order valence-corrected chi connectivity index (χ2v) is 5.26. The summed E-state index contributed by atoms with van der Waals surface area (Å²) < 4.78 is 4.90. The van der Waals surface area contributed by atoms with Crippen LogP contribution in [-0.4, -0.2) is 28.7 Å². The molecule has 0 saturated heterocycles. The lowest BCUT2D eigenvalue weighted by molar-refractivity contribution is -0.145. The maximum atomic E-state index is 12.1. The summed E-state index contributed by atoms with van der Waals surface area (Å²) in [5.74, 6) is 0.391. The fourth-order valence-electron chi connectivity index (χ4n) is 2.46. The van der Waals surface area contributed by atoms with E-state index in [1.807, 2.05) is 19.1 Å². The molecule has 1 unspecified atom stereocenters. The van der Waals surface area contributed by atoms with Crippen molar-refractivity contribution in [2.75, 3.05) is 12.4 Å². The van der Waals surface area contributed by atoms with Crippen LogP contribution in [0, 0.1) is 0 Å². The first-order valence-corrected chi connectivity index (χ1v) is 6.94. The molecule has 0 bridgehead atoms. The second kappa shape index (κ2) is 5.99. The quantitative estimate of drug-likeness (QED) is 0.827. The summed E-state index contributed by atoms with van der Waals surface area (Å²) in [5.41, 5.74) is -0.851. The largest absolute Gasteiger partial charge is 0.508 e. The standard InChI is InChI=1S/C16H20N2O3/c1-4-8-16(2,15(20)21-3)18-14-13-10-12(19)6-5-11(13)7-9-17-14/h5-7,9-10,19H,4,8H2,1-3H3,(H,17,18). The zero-order valence-electron chi connectivity index (χ0n) is 12.5. The minimum absolute atomic E-state index is 0.161. The summed E-state index contributed by atoms with van der Waals surface area (Å²) in [4.78, 5) is 16.4. The molecular formula is C16H20N2O3. The molecule has 0 aliphatic carbocycles. The third-order valence-corrected chi connectivity index (χ3v) is 3.53. The molecule has 1 atom stereocenters. The number of carbonyl (C=O) groups is 1. The number of phenolic OH excluding ortho intramolecular Hbond substituents is 1. The van der Waals surface area contributed by atoms with Crippen molar-refractivity contribution in [2.24, 2.45) is 0 Å². The van der Waals surface area contributed by atoms with Crippen LogP contribution in [-0.2, 0) is 9.53 Å². The number of rotatable bonds is 5. The van der Waals surface area contributed by atoms with Crippen LogP contribution < -0.4 is 5.32 Å². The summed E-state index contributed by atoms with van der Waals surface area (Å²) in [6.45, 7) is 3.80. The molecule has 1 aromatic carbocycles. The number of esters is 1. The van der Waals surface area contributed by atoms with Gasteiger partial charge in [-0.2, -0.15) is 0 Å². The Kier molecular flexibility index (Phi) is 4.31. The molecular weight excluding hydrogens is 268 g/mol. The Morgan fingerprint density at radius 2 is 2.19 bits per heavy atom. The molecule has 0 saturated carbocycles.